The molecule has 1 N–H and O–H groups in total. The summed E-state index contributed by atoms with van der Waals surface area (Å²) >= 11 is 0. The van der Waals surface area contributed by atoms with Gasteiger partial charge < -0.3 is 15.0 Å². The second kappa shape index (κ2) is 11.8. The molecule has 0 atom stereocenters. The normalized spacial score (nSPS) is 14.1. The molecule has 2 heterocycles. The van der Waals surface area contributed by atoms with Gasteiger partial charge in [0.15, 0.2) is 0 Å². The monoisotopic (exact) mass is 528 g/mol. The number of carbonyl (C=O) groups excluding carboxylic acids is 2. The molecule has 1 fully saturated rings. The highest BCUT2D eigenvalue weighted by Gasteiger charge is 2.24. The summed E-state index contributed by atoms with van der Waals surface area (Å²) in [6.07, 6.45) is 3.83. The molecule has 0 unspecified atom stereocenters. The predicted molar refractivity (Wildman–Crippen MR) is 149 cm³/mol. The van der Waals surface area contributed by atoms with Crippen LogP contribution in [0.15, 0.2) is 66.9 Å². The average molecular weight is 529 g/mol. The highest BCUT2D eigenvalue weighted by atomic mass is 19.1. The van der Waals surface area contributed by atoms with Crippen molar-refractivity contribution in [2.24, 2.45) is 5.92 Å². The number of rotatable bonds is 8. The van der Waals surface area contributed by atoms with Crippen molar-refractivity contribution in [1.82, 2.24) is 20.0 Å². The van der Waals surface area contributed by atoms with E-state index in [0.29, 0.717) is 43.3 Å². The van der Waals surface area contributed by atoms with E-state index in [1.807, 2.05) is 59.1 Å². The van der Waals surface area contributed by atoms with Crippen LogP contribution in [0.2, 0.25) is 0 Å². The zero-order valence-corrected chi connectivity index (χ0v) is 22.3. The first-order valence-electron chi connectivity index (χ1n) is 13.3. The van der Waals surface area contributed by atoms with E-state index in [-0.39, 0.29) is 17.6 Å². The summed E-state index contributed by atoms with van der Waals surface area (Å²) in [5, 5.41) is 8.60. The van der Waals surface area contributed by atoms with E-state index in [0.717, 1.165) is 47.0 Å². The van der Waals surface area contributed by atoms with E-state index in [9.17, 15) is 14.0 Å². The smallest absolute Gasteiger partial charge is 0.253 e. The maximum atomic E-state index is 13.2. The second-order valence-electron chi connectivity index (χ2n) is 10.1. The van der Waals surface area contributed by atoms with Crippen molar-refractivity contribution >= 4 is 22.7 Å². The molecule has 39 heavy (non-hydrogen) atoms. The van der Waals surface area contributed by atoms with Crippen molar-refractivity contribution in [3.63, 3.8) is 0 Å². The molecule has 3 aromatic carbocycles. The molecule has 1 aliphatic heterocycles. The Bertz CT molecular complexity index is 1460. The van der Waals surface area contributed by atoms with Crippen LogP contribution in [0, 0.1) is 18.7 Å². The van der Waals surface area contributed by atoms with Crippen LogP contribution in [0.1, 0.15) is 39.1 Å². The van der Waals surface area contributed by atoms with Crippen LogP contribution in [-0.4, -0.2) is 59.8 Å². The summed E-state index contributed by atoms with van der Waals surface area (Å²) in [5.74, 6) is 0.0796. The third-order valence-corrected chi connectivity index (χ3v) is 7.50. The first kappa shape index (κ1) is 26.6. The van der Waals surface area contributed by atoms with E-state index in [2.05, 4.69) is 5.32 Å². The Morgan fingerprint density at radius 3 is 2.33 bits per heavy atom. The molecule has 1 saturated heterocycles. The fourth-order valence-corrected chi connectivity index (χ4v) is 5.20. The lowest BCUT2D eigenvalue weighted by Crippen LogP contribution is -2.39. The number of hydrogen-bond acceptors (Lipinski definition) is 4. The lowest BCUT2D eigenvalue weighted by Gasteiger charge is -2.32. The minimum atomic E-state index is -0.266. The number of benzene rings is 3. The lowest BCUT2D eigenvalue weighted by molar-refractivity contribution is 0.0681. The Balaban J connectivity index is 1.17. The quantitative estimate of drug-likeness (QED) is 0.324. The van der Waals surface area contributed by atoms with Gasteiger partial charge >= 0.3 is 0 Å². The van der Waals surface area contributed by atoms with Gasteiger partial charge in [-0.15, -0.1) is 0 Å². The van der Waals surface area contributed by atoms with Crippen molar-refractivity contribution in [3.8, 4) is 11.1 Å². The van der Waals surface area contributed by atoms with Crippen LogP contribution in [-0.2, 0) is 11.3 Å². The summed E-state index contributed by atoms with van der Waals surface area (Å²) in [6, 6.07) is 17.6. The van der Waals surface area contributed by atoms with Gasteiger partial charge in [-0.1, -0.05) is 24.3 Å². The zero-order chi connectivity index (χ0) is 27.4. The van der Waals surface area contributed by atoms with Crippen molar-refractivity contribution in [2.45, 2.75) is 26.3 Å². The molecule has 0 spiro atoms. The molecule has 4 aromatic rings. The number of aryl methyl sites for hydroxylation is 1. The van der Waals surface area contributed by atoms with Gasteiger partial charge in [0.2, 0.25) is 0 Å². The topological polar surface area (TPSA) is 76.5 Å². The summed E-state index contributed by atoms with van der Waals surface area (Å²) in [7, 11) is 1.61. The SMILES string of the molecule is COCCNC(=O)c1ccc2nn(CC3CCN(C(=O)c4ccc(-c5ccc(F)cc5)cc4)CC3)cc2c1C. The van der Waals surface area contributed by atoms with Crippen molar-refractivity contribution < 1.29 is 18.7 Å². The Kier molecular flexibility index (Phi) is 8.02. The number of fused-ring (bicyclic) bond motifs is 1. The molecule has 0 aliphatic carbocycles. The van der Waals surface area contributed by atoms with Gasteiger partial charge in [-0.3, -0.25) is 14.3 Å². The molecular formula is C31H33FN4O3. The molecule has 1 aliphatic rings. The standard InChI is InChI=1S/C31H33FN4O3/c1-21-27(30(37)33-15-18-39-2)11-12-29-28(21)20-36(34-29)19-22-13-16-35(17-14-22)31(38)25-5-3-23(4-6-25)24-7-9-26(32)10-8-24/h3-12,20,22H,13-19H2,1-2H3,(H,33,37). The lowest BCUT2D eigenvalue weighted by atomic mass is 9.96. The minimum absolute atomic E-state index is 0.0378. The summed E-state index contributed by atoms with van der Waals surface area (Å²) in [5.41, 5.74) is 4.97. The number of nitrogens with zero attached hydrogens (tertiary/aromatic N) is 3. The van der Waals surface area contributed by atoms with Crippen LogP contribution in [0.3, 0.4) is 0 Å². The zero-order valence-electron chi connectivity index (χ0n) is 22.3. The first-order valence-corrected chi connectivity index (χ1v) is 13.3. The first-order chi connectivity index (χ1) is 18.9. The highest BCUT2D eigenvalue weighted by molar-refractivity contribution is 6.00. The molecule has 0 saturated carbocycles. The van der Waals surface area contributed by atoms with Gasteiger partial charge in [-0.05, 0) is 78.8 Å². The fourth-order valence-electron chi connectivity index (χ4n) is 5.20. The van der Waals surface area contributed by atoms with Gasteiger partial charge in [0.25, 0.3) is 11.8 Å². The van der Waals surface area contributed by atoms with Gasteiger partial charge in [0, 0.05) is 56.0 Å². The average Bonchev–Trinajstić information content (AvgIpc) is 3.37. The molecule has 8 heteroatoms. The molecule has 2 amide bonds. The number of likely N-dealkylation sites (tertiary alicyclic amines) is 1. The van der Waals surface area contributed by atoms with Crippen LogP contribution in [0.4, 0.5) is 4.39 Å². The van der Waals surface area contributed by atoms with Crippen molar-refractivity contribution in [1.29, 1.82) is 0 Å². The molecular weight excluding hydrogens is 495 g/mol. The molecule has 0 bridgehead atoms. The van der Waals surface area contributed by atoms with Crippen LogP contribution in [0.25, 0.3) is 22.0 Å². The van der Waals surface area contributed by atoms with Gasteiger partial charge in [0.1, 0.15) is 5.82 Å². The number of amides is 2. The maximum Gasteiger partial charge on any atom is 0.253 e. The van der Waals surface area contributed by atoms with Crippen LogP contribution < -0.4 is 5.32 Å². The van der Waals surface area contributed by atoms with Gasteiger partial charge in [-0.25, -0.2) is 4.39 Å². The third-order valence-electron chi connectivity index (χ3n) is 7.50. The summed E-state index contributed by atoms with van der Waals surface area (Å²) in [6.45, 7) is 5.07. The van der Waals surface area contributed by atoms with Crippen LogP contribution in [0.5, 0.6) is 0 Å². The molecule has 1 aromatic heterocycles. The van der Waals surface area contributed by atoms with Gasteiger partial charge in [-0.2, -0.15) is 5.10 Å². The Labute approximate surface area is 227 Å². The van der Waals surface area contributed by atoms with E-state index in [4.69, 9.17) is 9.84 Å². The van der Waals surface area contributed by atoms with Crippen molar-refractivity contribution in [3.05, 3.63) is 89.4 Å². The number of hydrogen-bond donors (Lipinski definition) is 1. The molecule has 202 valence electrons. The summed E-state index contributed by atoms with van der Waals surface area (Å²) < 4.78 is 20.2. The van der Waals surface area contributed by atoms with E-state index in [1.54, 1.807) is 19.2 Å². The number of nitrogens with one attached hydrogen (secondary N) is 1. The number of aromatic nitrogens is 2. The maximum absolute atomic E-state index is 13.2. The second-order valence-corrected chi connectivity index (χ2v) is 10.1. The largest absolute Gasteiger partial charge is 0.383 e. The fraction of sp³-hybridized carbons (Fsp3) is 0.323. The summed E-state index contributed by atoms with van der Waals surface area (Å²) in [4.78, 5) is 27.6. The Hall–Kier alpha value is -4.04. The third kappa shape index (κ3) is 6.01. The number of piperidine rings is 1. The molecule has 0 radical (unpaired) electrons. The number of carbonyl (C=O) groups is 2. The van der Waals surface area contributed by atoms with Crippen LogP contribution >= 0.6 is 0 Å². The number of halogens is 1. The highest BCUT2D eigenvalue weighted by Crippen LogP contribution is 2.25. The Morgan fingerprint density at radius 1 is 1.00 bits per heavy atom. The minimum Gasteiger partial charge on any atom is -0.383 e. The number of methoxy groups -OCH3 is 1. The Morgan fingerprint density at radius 2 is 1.67 bits per heavy atom. The predicted octanol–water partition coefficient (Wildman–Crippen LogP) is 5.08. The molecule has 5 rings (SSSR count). The molecule has 7 nitrogen and oxygen atoms in total. The van der Waals surface area contributed by atoms with Crippen molar-refractivity contribution in [2.75, 3.05) is 33.4 Å². The number of ether oxygens (including phenoxy) is 1. The van der Waals surface area contributed by atoms with E-state index >= 15 is 0 Å². The van der Waals surface area contributed by atoms with E-state index < -0.39 is 0 Å². The van der Waals surface area contributed by atoms with E-state index in [1.165, 1.54) is 12.1 Å². The van der Waals surface area contributed by atoms with Gasteiger partial charge in [0.05, 0.1) is 12.1 Å².